The summed E-state index contributed by atoms with van der Waals surface area (Å²) >= 11 is 3.46. The standard InChI is InChI=1S/C13H14BrNO/c14-11-3-4-12-10(9-16-13(12)7-11)8-15-5-1-2-6-15/h3-4,7,9H,1-2,5-6,8H2. The molecule has 0 saturated carbocycles. The summed E-state index contributed by atoms with van der Waals surface area (Å²) in [6.45, 7) is 3.47. The van der Waals surface area contributed by atoms with Gasteiger partial charge in [-0.05, 0) is 44.1 Å². The number of halogens is 1. The fourth-order valence-electron chi connectivity index (χ4n) is 2.36. The summed E-state index contributed by atoms with van der Waals surface area (Å²) < 4.78 is 6.65. The summed E-state index contributed by atoms with van der Waals surface area (Å²) in [5.41, 5.74) is 2.29. The van der Waals surface area contributed by atoms with E-state index in [4.69, 9.17) is 4.42 Å². The average Bonchev–Trinajstić information content (AvgIpc) is 2.89. The van der Waals surface area contributed by atoms with Crippen LogP contribution in [0.15, 0.2) is 33.4 Å². The topological polar surface area (TPSA) is 16.4 Å². The molecular formula is C13H14BrNO. The first kappa shape index (κ1) is 10.4. The molecule has 84 valence electrons. The van der Waals surface area contributed by atoms with Gasteiger partial charge in [0.05, 0.1) is 6.26 Å². The zero-order chi connectivity index (χ0) is 11.0. The lowest BCUT2D eigenvalue weighted by molar-refractivity contribution is 0.331. The Kier molecular flexibility index (Phi) is 2.74. The Morgan fingerprint density at radius 2 is 2.06 bits per heavy atom. The highest BCUT2D eigenvalue weighted by atomic mass is 79.9. The Labute approximate surface area is 103 Å². The second-order valence-corrected chi connectivity index (χ2v) is 5.30. The molecule has 0 amide bonds. The molecule has 1 saturated heterocycles. The van der Waals surface area contributed by atoms with Gasteiger partial charge < -0.3 is 4.42 Å². The van der Waals surface area contributed by atoms with E-state index in [9.17, 15) is 0 Å². The number of rotatable bonds is 2. The van der Waals surface area contributed by atoms with E-state index in [1.807, 2.05) is 12.3 Å². The van der Waals surface area contributed by atoms with Gasteiger partial charge in [-0.25, -0.2) is 0 Å². The first-order valence-electron chi connectivity index (χ1n) is 5.71. The summed E-state index contributed by atoms with van der Waals surface area (Å²) in [6, 6.07) is 6.24. The number of likely N-dealkylation sites (tertiary alicyclic amines) is 1. The maximum Gasteiger partial charge on any atom is 0.135 e. The molecule has 0 bridgehead atoms. The highest BCUT2D eigenvalue weighted by Crippen LogP contribution is 2.26. The number of fused-ring (bicyclic) bond motifs is 1. The minimum Gasteiger partial charge on any atom is -0.464 e. The SMILES string of the molecule is Brc1ccc2c(CN3CCCC3)coc2c1. The third-order valence-electron chi connectivity index (χ3n) is 3.21. The largest absolute Gasteiger partial charge is 0.464 e. The van der Waals surface area contributed by atoms with Crippen LogP contribution in [0.1, 0.15) is 18.4 Å². The minimum atomic E-state index is 0.976. The van der Waals surface area contributed by atoms with E-state index < -0.39 is 0 Å². The molecule has 1 fully saturated rings. The van der Waals surface area contributed by atoms with Gasteiger partial charge in [0.25, 0.3) is 0 Å². The lowest BCUT2D eigenvalue weighted by atomic mass is 10.2. The molecular weight excluding hydrogens is 266 g/mol. The number of hydrogen-bond acceptors (Lipinski definition) is 2. The van der Waals surface area contributed by atoms with Crippen LogP contribution in [0.5, 0.6) is 0 Å². The van der Waals surface area contributed by atoms with Crippen LogP contribution in [-0.4, -0.2) is 18.0 Å². The number of furan rings is 1. The van der Waals surface area contributed by atoms with Crippen LogP contribution in [-0.2, 0) is 6.54 Å². The van der Waals surface area contributed by atoms with Crippen molar-refractivity contribution in [3.63, 3.8) is 0 Å². The summed E-state index contributed by atoms with van der Waals surface area (Å²) in [5, 5.41) is 1.25. The molecule has 1 aliphatic heterocycles. The molecule has 0 radical (unpaired) electrons. The van der Waals surface area contributed by atoms with E-state index >= 15 is 0 Å². The van der Waals surface area contributed by atoms with Crippen molar-refractivity contribution in [2.45, 2.75) is 19.4 Å². The van der Waals surface area contributed by atoms with Gasteiger partial charge in [-0.15, -0.1) is 0 Å². The lowest BCUT2D eigenvalue weighted by Crippen LogP contribution is -2.17. The van der Waals surface area contributed by atoms with Gasteiger partial charge in [0, 0.05) is 22.0 Å². The molecule has 16 heavy (non-hydrogen) atoms. The van der Waals surface area contributed by atoms with Crippen LogP contribution in [0.3, 0.4) is 0 Å². The van der Waals surface area contributed by atoms with E-state index in [1.165, 1.54) is 36.9 Å². The Bertz CT molecular complexity index is 500. The molecule has 0 spiro atoms. The van der Waals surface area contributed by atoms with Crippen LogP contribution < -0.4 is 0 Å². The molecule has 1 aliphatic rings. The fraction of sp³-hybridized carbons (Fsp3) is 0.385. The number of hydrogen-bond donors (Lipinski definition) is 0. The van der Waals surface area contributed by atoms with Crippen molar-refractivity contribution in [2.75, 3.05) is 13.1 Å². The zero-order valence-corrected chi connectivity index (χ0v) is 10.7. The number of nitrogens with zero attached hydrogens (tertiary/aromatic N) is 1. The van der Waals surface area contributed by atoms with Crippen LogP contribution >= 0.6 is 15.9 Å². The maximum absolute atomic E-state index is 5.58. The molecule has 3 rings (SSSR count). The van der Waals surface area contributed by atoms with E-state index in [0.717, 1.165) is 16.6 Å². The van der Waals surface area contributed by atoms with Gasteiger partial charge in [0.15, 0.2) is 0 Å². The van der Waals surface area contributed by atoms with Gasteiger partial charge in [-0.1, -0.05) is 15.9 Å². The third-order valence-corrected chi connectivity index (χ3v) is 3.70. The summed E-state index contributed by atoms with van der Waals surface area (Å²) in [6.07, 6.45) is 4.57. The van der Waals surface area contributed by atoms with Crippen molar-refractivity contribution in [1.29, 1.82) is 0 Å². The Morgan fingerprint density at radius 1 is 1.25 bits per heavy atom. The predicted octanol–water partition coefficient (Wildman–Crippen LogP) is 3.79. The molecule has 2 aromatic rings. The van der Waals surface area contributed by atoms with E-state index in [1.54, 1.807) is 0 Å². The molecule has 0 aliphatic carbocycles. The van der Waals surface area contributed by atoms with Crippen molar-refractivity contribution in [3.8, 4) is 0 Å². The second kappa shape index (κ2) is 4.22. The third kappa shape index (κ3) is 1.89. The van der Waals surface area contributed by atoms with Gasteiger partial charge >= 0.3 is 0 Å². The summed E-state index contributed by atoms with van der Waals surface area (Å²) in [7, 11) is 0. The molecule has 0 unspecified atom stereocenters. The van der Waals surface area contributed by atoms with Gasteiger partial charge in [-0.3, -0.25) is 4.90 Å². The van der Waals surface area contributed by atoms with E-state index in [2.05, 4.69) is 33.0 Å². The van der Waals surface area contributed by atoms with Crippen LogP contribution in [0.4, 0.5) is 0 Å². The van der Waals surface area contributed by atoms with Crippen molar-refractivity contribution in [2.24, 2.45) is 0 Å². The molecule has 0 atom stereocenters. The quantitative estimate of drug-likeness (QED) is 0.832. The predicted molar refractivity (Wildman–Crippen MR) is 68.4 cm³/mol. The smallest absolute Gasteiger partial charge is 0.135 e. The fourth-order valence-corrected chi connectivity index (χ4v) is 2.70. The number of benzene rings is 1. The van der Waals surface area contributed by atoms with Gasteiger partial charge in [0.1, 0.15) is 5.58 Å². The van der Waals surface area contributed by atoms with Gasteiger partial charge in [-0.2, -0.15) is 0 Å². The minimum absolute atomic E-state index is 0.976. The van der Waals surface area contributed by atoms with Crippen LogP contribution in [0, 0.1) is 0 Å². The summed E-state index contributed by atoms with van der Waals surface area (Å²) in [5.74, 6) is 0. The van der Waals surface area contributed by atoms with E-state index in [-0.39, 0.29) is 0 Å². The average molecular weight is 280 g/mol. The van der Waals surface area contributed by atoms with Crippen molar-refractivity contribution in [3.05, 3.63) is 34.5 Å². The molecule has 3 heteroatoms. The van der Waals surface area contributed by atoms with Crippen molar-refractivity contribution >= 4 is 26.9 Å². The Hall–Kier alpha value is -0.800. The van der Waals surface area contributed by atoms with Crippen molar-refractivity contribution in [1.82, 2.24) is 4.90 Å². The molecule has 2 heterocycles. The monoisotopic (exact) mass is 279 g/mol. The molecule has 1 aromatic heterocycles. The molecule has 0 N–H and O–H groups in total. The zero-order valence-electron chi connectivity index (χ0n) is 9.08. The highest BCUT2D eigenvalue weighted by molar-refractivity contribution is 9.10. The van der Waals surface area contributed by atoms with Gasteiger partial charge in [0.2, 0.25) is 0 Å². The normalized spacial score (nSPS) is 17.3. The van der Waals surface area contributed by atoms with E-state index in [0.29, 0.717) is 0 Å². The first-order valence-corrected chi connectivity index (χ1v) is 6.50. The Morgan fingerprint density at radius 3 is 2.88 bits per heavy atom. The van der Waals surface area contributed by atoms with Crippen molar-refractivity contribution < 1.29 is 4.42 Å². The molecule has 1 aromatic carbocycles. The second-order valence-electron chi connectivity index (χ2n) is 4.38. The molecule has 2 nitrogen and oxygen atoms in total. The first-order chi connectivity index (χ1) is 7.83. The Balaban J connectivity index is 1.91. The maximum atomic E-state index is 5.58. The van der Waals surface area contributed by atoms with Crippen LogP contribution in [0.25, 0.3) is 11.0 Å². The summed E-state index contributed by atoms with van der Waals surface area (Å²) in [4.78, 5) is 2.49. The van der Waals surface area contributed by atoms with Crippen LogP contribution in [0.2, 0.25) is 0 Å². The lowest BCUT2D eigenvalue weighted by Gasteiger charge is -2.12. The highest BCUT2D eigenvalue weighted by Gasteiger charge is 2.14.